The van der Waals surface area contributed by atoms with Crippen molar-refractivity contribution in [1.82, 2.24) is 4.90 Å². The van der Waals surface area contributed by atoms with E-state index in [-0.39, 0.29) is 23.8 Å². The average Bonchev–Trinajstić information content (AvgIpc) is 2.71. The number of carboxylic acid groups (broad SMARTS) is 1. The number of nitrogens with two attached hydrogens (primary N) is 1. The molecule has 2 unspecified atom stereocenters. The first-order chi connectivity index (χ1) is 8.50. The van der Waals surface area contributed by atoms with Gasteiger partial charge in [0.2, 0.25) is 5.91 Å². The predicted octanol–water partition coefficient (Wildman–Crippen LogP) is 0.825. The van der Waals surface area contributed by atoms with E-state index >= 15 is 0 Å². The fourth-order valence-electron chi connectivity index (χ4n) is 3.17. The number of carbonyl (C=O) groups is 2. The van der Waals surface area contributed by atoms with Crippen LogP contribution >= 0.6 is 0 Å². The highest BCUT2D eigenvalue weighted by Crippen LogP contribution is 2.30. The third-order valence-electron chi connectivity index (χ3n) is 4.36. The van der Waals surface area contributed by atoms with Crippen molar-refractivity contribution in [3.63, 3.8) is 0 Å². The lowest BCUT2D eigenvalue weighted by atomic mass is 9.85. The third-order valence-corrected chi connectivity index (χ3v) is 4.36. The van der Waals surface area contributed by atoms with Crippen LogP contribution in [0.3, 0.4) is 0 Å². The predicted molar refractivity (Wildman–Crippen MR) is 66.9 cm³/mol. The van der Waals surface area contributed by atoms with E-state index in [1.807, 2.05) is 6.92 Å². The average molecular weight is 254 g/mol. The van der Waals surface area contributed by atoms with Crippen molar-refractivity contribution in [2.45, 2.75) is 51.1 Å². The lowest BCUT2D eigenvalue weighted by Crippen LogP contribution is -2.46. The molecule has 2 rings (SSSR count). The Hall–Kier alpha value is -1.10. The number of nitrogens with zero attached hydrogens (tertiary/aromatic N) is 1. The molecular weight excluding hydrogens is 232 g/mol. The lowest BCUT2D eigenvalue weighted by molar-refractivity contribution is -0.151. The van der Waals surface area contributed by atoms with E-state index in [9.17, 15) is 14.7 Å². The Bertz CT molecular complexity index is 337. The van der Waals surface area contributed by atoms with Crippen LogP contribution in [0.15, 0.2) is 0 Å². The fourth-order valence-corrected chi connectivity index (χ4v) is 3.17. The quantitative estimate of drug-likeness (QED) is 0.764. The van der Waals surface area contributed by atoms with Crippen LogP contribution in [0, 0.1) is 11.8 Å². The Balaban J connectivity index is 2.02. The molecule has 1 aliphatic heterocycles. The van der Waals surface area contributed by atoms with Crippen molar-refractivity contribution in [3.8, 4) is 0 Å². The van der Waals surface area contributed by atoms with Gasteiger partial charge in [-0.2, -0.15) is 0 Å². The summed E-state index contributed by atoms with van der Waals surface area (Å²) in [5, 5.41) is 9.23. The maximum atomic E-state index is 12.4. The molecule has 5 heteroatoms. The van der Waals surface area contributed by atoms with E-state index in [1.165, 1.54) is 0 Å². The number of carbonyl (C=O) groups excluding carboxylic acids is 1. The summed E-state index contributed by atoms with van der Waals surface area (Å²) in [6, 6.07) is -0.421. The van der Waals surface area contributed by atoms with Gasteiger partial charge in [0, 0.05) is 18.5 Å². The van der Waals surface area contributed by atoms with Crippen LogP contribution in [-0.4, -0.2) is 40.5 Å². The number of amides is 1. The van der Waals surface area contributed by atoms with E-state index in [2.05, 4.69) is 0 Å². The first-order valence-electron chi connectivity index (χ1n) is 6.79. The highest BCUT2D eigenvalue weighted by atomic mass is 16.4. The molecule has 1 amide bonds. The van der Waals surface area contributed by atoms with Crippen LogP contribution in [0.5, 0.6) is 0 Å². The topological polar surface area (TPSA) is 83.6 Å². The summed E-state index contributed by atoms with van der Waals surface area (Å²) in [6.07, 6.45) is 4.14. The number of rotatable bonds is 2. The van der Waals surface area contributed by atoms with Crippen molar-refractivity contribution < 1.29 is 14.7 Å². The summed E-state index contributed by atoms with van der Waals surface area (Å²) in [5.41, 5.74) is 5.83. The number of carboxylic acids is 1. The molecule has 18 heavy (non-hydrogen) atoms. The standard InChI is InChI=1S/C13H22N2O3/c1-8-6-7-15(11(8)13(17)18)12(16)9-2-4-10(14)5-3-9/h8-11H,2-7,14H2,1H3,(H,17,18). The van der Waals surface area contributed by atoms with Gasteiger partial charge in [-0.3, -0.25) is 4.79 Å². The second-order valence-electron chi connectivity index (χ2n) is 5.69. The molecule has 2 aliphatic rings. The van der Waals surface area contributed by atoms with Gasteiger partial charge in [-0.05, 0) is 38.0 Å². The summed E-state index contributed by atoms with van der Waals surface area (Å²) in [5.74, 6) is -0.811. The molecule has 2 fully saturated rings. The zero-order valence-electron chi connectivity index (χ0n) is 10.8. The van der Waals surface area contributed by atoms with Crippen LogP contribution in [0.1, 0.15) is 39.0 Å². The Morgan fingerprint density at radius 1 is 1.17 bits per heavy atom. The summed E-state index contributed by atoms with van der Waals surface area (Å²) in [7, 11) is 0. The SMILES string of the molecule is CC1CCN(C(=O)C2CCC(N)CC2)C1C(=O)O. The van der Waals surface area contributed by atoms with Gasteiger partial charge < -0.3 is 15.7 Å². The van der Waals surface area contributed by atoms with Gasteiger partial charge in [0.15, 0.2) is 0 Å². The molecule has 0 bridgehead atoms. The zero-order chi connectivity index (χ0) is 13.3. The minimum absolute atomic E-state index is 0.0167. The van der Waals surface area contributed by atoms with Crippen molar-refractivity contribution >= 4 is 11.9 Å². The number of aliphatic carboxylic acids is 1. The zero-order valence-corrected chi connectivity index (χ0v) is 10.8. The molecule has 2 atom stereocenters. The number of hydrogen-bond acceptors (Lipinski definition) is 3. The van der Waals surface area contributed by atoms with Crippen molar-refractivity contribution in [3.05, 3.63) is 0 Å². The lowest BCUT2D eigenvalue weighted by Gasteiger charge is -2.31. The van der Waals surface area contributed by atoms with Gasteiger partial charge in [0.1, 0.15) is 6.04 Å². The van der Waals surface area contributed by atoms with Gasteiger partial charge in [-0.1, -0.05) is 6.92 Å². The Labute approximate surface area is 107 Å². The molecule has 0 radical (unpaired) electrons. The van der Waals surface area contributed by atoms with Crippen LogP contribution in [0.25, 0.3) is 0 Å². The van der Waals surface area contributed by atoms with Crippen LogP contribution in [0.2, 0.25) is 0 Å². The van der Waals surface area contributed by atoms with Crippen LogP contribution < -0.4 is 5.73 Å². The van der Waals surface area contributed by atoms with Gasteiger partial charge in [-0.25, -0.2) is 4.79 Å². The second-order valence-corrected chi connectivity index (χ2v) is 5.69. The van der Waals surface area contributed by atoms with Gasteiger partial charge >= 0.3 is 5.97 Å². The minimum Gasteiger partial charge on any atom is -0.480 e. The smallest absolute Gasteiger partial charge is 0.326 e. The van der Waals surface area contributed by atoms with Crippen LogP contribution in [0.4, 0.5) is 0 Å². The number of hydrogen-bond donors (Lipinski definition) is 2. The molecule has 0 spiro atoms. The molecule has 1 heterocycles. The van der Waals surface area contributed by atoms with E-state index in [4.69, 9.17) is 5.73 Å². The highest BCUT2D eigenvalue weighted by molar-refractivity contribution is 5.86. The fraction of sp³-hybridized carbons (Fsp3) is 0.846. The van der Waals surface area contributed by atoms with E-state index < -0.39 is 12.0 Å². The largest absolute Gasteiger partial charge is 0.480 e. The Morgan fingerprint density at radius 2 is 1.78 bits per heavy atom. The normalized spacial score (nSPS) is 36.7. The van der Waals surface area contributed by atoms with E-state index in [0.29, 0.717) is 6.54 Å². The summed E-state index contributed by atoms with van der Waals surface area (Å²) in [4.78, 5) is 25.2. The van der Waals surface area contributed by atoms with Gasteiger partial charge in [0.05, 0.1) is 0 Å². The Morgan fingerprint density at radius 3 is 2.33 bits per heavy atom. The molecule has 0 aromatic heterocycles. The monoisotopic (exact) mass is 254 g/mol. The molecular formula is C13H22N2O3. The van der Waals surface area contributed by atoms with Crippen molar-refractivity contribution in [2.75, 3.05) is 6.54 Å². The van der Waals surface area contributed by atoms with E-state index in [1.54, 1.807) is 4.90 Å². The molecule has 0 aromatic carbocycles. The Kier molecular flexibility index (Phi) is 3.90. The van der Waals surface area contributed by atoms with Crippen molar-refractivity contribution in [2.24, 2.45) is 17.6 Å². The maximum absolute atomic E-state index is 12.4. The minimum atomic E-state index is -0.874. The molecule has 1 aliphatic carbocycles. The summed E-state index contributed by atoms with van der Waals surface area (Å²) < 4.78 is 0. The molecule has 5 nitrogen and oxygen atoms in total. The second kappa shape index (κ2) is 5.26. The molecule has 1 saturated carbocycles. The van der Waals surface area contributed by atoms with Crippen molar-refractivity contribution in [1.29, 1.82) is 0 Å². The molecule has 1 saturated heterocycles. The van der Waals surface area contributed by atoms with Gasteiger partial charge in [0.25, 0.3) is 0 Å². The van der Waals surface area contributed by atoms with Crippen LogP contribution in [-0.2, 0) is 9.59 Å². The number of likely N-dealkylation sites (tertiary alicyclic amines) is 1. The molecule has 102 valence electrons. The summed E-state index contributed by atoms with van der Waals surface area (Å²) >= 11 is 0. The highest BCUT2D eigenvalue weighted by Gasteiger charge is 2.41. The third kappa shape index (κ3) is 2.51. The molecule has 3 N–H and O–H groups in total. The van der Waals surface area contributed by atoms with Gasteiger partial charge in [-0.15, -0.1) is 0 Å². The maximum Gasteiger partial charge on any atom is 0.326 e. The summed E-state index contributed by atoms with van der Waals surface area (Å²) in [6.45, 7) is 2.49. The molecule has 0 aromatic rings. The first-order valence-corrected chi connectivity index (χ1v) is 6.79. The first kappa shape index (κ1) is 13.3. The van der Waals surface area contributed by atoms with E-state index in [0.717, 1.165) is 32.1 Å².